The van der Waals surface area contributed by atoms with E-state index in [1.807, 2.05) is 6.92 Å². The second-order valence-corrected chi connectivity index (χ2v) is 9.65. The average Bonchev–Trinajstić information content (AvgIpc) is 2.76. The highest BCUT2D eigenvalue weighted by molar-refractivity contribution is 5.74. The summed E-state index contributed by atoms with van der Waals surface area (Å²) in [5.41, 5.74) is 0. The number of aliphatic carboxylic acids is 2. The number of carboxylic acid groups (broad SMARTS) is 2. The average molecular weight is 470 g/mol. The van der Waals surface area contributed by atoms with E-state index in [9.17, 15) is 19.8 Å². The second kappa shape index (κ2) is 12.1. The van der Waals surface area contributed by atoms with Gasteiger partial charge < -0.3 is 15.3 Å². The van der Waals surface area contributed by atoms with Crippen molar-refractivity contribution in [2.45, 2.75) is 89.2 Å². The monoisotopic (exact) mass is 469 g/mol. The van der Waals surface area contributed by atoms with Crippen molar-refractivity contribution < 1.29 is 24.9 Å². The number of carboxylic acids is 2. The molecule has 8 N–H and O–H groups in total. The van der Waals surface area contributed by atoms with Gasteiger partial charge in [0.05, 0.1) is 36.7 Å². The summed E-state index contributed by atoms with van der Waals surface area (Å²) >= 11 is 0. The van der Waals surface area contributed by atoms with Crippen molar-refractivity contribution in [3.63, 3.8) is 0 Å². The third kappa shape index (κ3) is 7.66. The zero-order chi connectivity index (χ0) is 24.0. The van der Waals surface area contributed by atoms with E-state index in [1.54, 1.807) is 0 Å². The van der Waals surface area contributed by atoms with Crippen LogP contribution in [-0.2, 0) is 9.59 Å². The molecule has 33 heavy (non-hydrogen) atoms. The van der Waals surface area contributed by atoms with Crippen LogP contribution in [0.1, 0.15) is 52.4 Å². The molecule has 1 aliphatic heterocycles. The Hall–Kier alpha value is -1.70. The molecule has 1 heterocycles. The van der Waals surface area contributed by atoms with Gasteiger partial charge in [-0.05, 0) is 51.4 Å². The van der Waals surface area contributed by atoms with E-state index >= 15 is 0 Å². The van der Waals surface area contributed by atoms with Gasteiger partial charge in [0.25, 0.3) is 0 Å². The van der Waals surface area contributed by atoms with Crippen LogP contribution in [0.2, 0.25) is 0 Å². The Balaban J connectivity index is 1.49. The van der Waals surface area contributed by atoms with Crippen molar-refractivity contribution in [2.75, 3.05) is 13.2 Å². The lowest BCUT2D eigenvalue weighted by atomic mass is 9.79. The van der Waals surface area contributed by atoms with Gasteiger partial charge >= 0.3 is 11.9 Å². The van der Waals surface area contributed by atoms with Crippen LogP contribution in [0.4, 0.5) is 0 Å². The Labute approximate surface area is 194 Å². The highest BCUT2D eigenvalue weighted by Gasteiger charge is 2.37. The molecular weight excluding hydrogens is 430 g/mol. The van der Waals surface area contributed by atoms with Crippen LogP contribution < -0.4 is 26.6 Å². The molecule has 8 atom stereocenters. The zero-order valence-corrected chi connectivity index (χ0v) is 19.4. The Morgan fingerprint density at radius 1 is 0.909 bits per heavy atom. The Morgan fingerprint density at radius 3 is 2.18 bits per heavy atom. The van der Waals surface area contributed by atoms with E-state index < -0.39 is 23.8 Å². The van der Waals surface area contributed by atoms with E-state index in [0.717, 1.165) is 19.3 Å². The lowest BCUT2D eigenvalue weighted by Crippen LogP contribution is -2.74. The first-order valence-corrected chi connectivity index (χ1v) is 12.0. The molecule has 8 unspecified atom stereocenters. The number of nitrogens with zero attached hydrogens (tertiary/aromatic N) is 2. The summed E-state index contributed by atoms with van der Waals surface area (Å²) in [5, 5.41) is 53.7. The summed E-state index contributed by atoms with van der Waals surface area (Å²) in [5.74, 6) is -2.96. The minimum atomic E-state index is -0.954. The lowest BCUT2D eigenvalue weighted by Gasteiger charge is -2.41. The first-order chi connectivity index (χ1) is 15.7. The summed E-state index contributed by atoms with van der Waals surface area (Å²) in [6, 6.07) is 0.0167. The summed E-state index contributed by atoms with van der Waals surface area (Å²) in [7, 11) is 0. The molecule has 0 amide bonds. The van der Waals surface area contributed by atoms with Gasteiger partial charge in [0.2, 0.25) is 0 Å². The van der Waals surface area contributed by atoms with E-state index in [1.165, 1.54) is 0 Å². The molecule has 0 bridgehead atoms. The molecule has 2 aliphatic carbocycles. The van der Waals surface area contributed by atoms with Crippen molar-refractivity contribution >= 4 is 11.9 Å². The molecule has 2 saturated carbocycles. The van der Waals surface area contributed by atoms with Crippen LogP contribution in [0.15, 0.2) is 10.2 Å². The molecule has 3 fully saturated rings. The number of hydrogen-bond acceptors (Lipinski definition) is 10. The molecule has 12 heteroatoms. The topological polar surface area (TPSA) is 180 Å². The number of carbonyl (C=O) groups is 2. The molecule has 12 nitrogen and oxygen atoms in total. The molecule has 3 rings (SSSR count). The molecule has 0 aromatic carbocycles. The highest BCUT2D eigenvalue weighted by Crippen LogP contribution is 2.33. The maximum atomic E-state index is 11.4. The molecule has 0 radical (unpaired) electrons. The van der Waals surface area contributed by atoms with Crippen molar-refractivity contribution in [3.8, 4) is 0 Å². The van der Waals surface area contributed by atoms with Gasteiger partial charge in [-0.2, -0.15) is 10.2 Å². The minimum Gasteiger partial charge on any atom is -0.481 e. The fourth-order valence-electron chi connectivity index (χ4n) is 5.14. The summed E-state index contributed by atoms with van der Waals surface area (Å²) in [6.07, 6.45) is 3.52. The van der Waals surface area contributed by atoms with Crippen LogP contribution in [-0.4, -0.2) is 77.3 Å². The molecule has 0 aromatic heterocycles. The van der Waals surface area contributed by atoms with E-state index in [4.69, 9.17) is 5.11 Å². The van der Waals surface area contributed by atoms with Gasteiger partial charge in [-0.15, -0.1) is 0 Å². The Kier molecular flexibility index (Phi) is 9.53. The molecule has 0 aromatic rings. The van der Waals surface area contributed by atoms with Crippen LogP contribution in [0.3, 0.4) is 0 Å². The second-order valence-electron chi connectivity index (χ2n) is 9.65. The molecule has 3 aliphatic rings. The summed E-state index contributed by atoms with van der Waals surface area (Å²) in [6.45, 7) is 4.76. The van der Waals surface area contributed by atoms with E-state index in [0.29, 0.717) is 31.3 Å². The molecular formula is C21H39N7O5. The van der Waals surface area contributed by atoms with Gasteiger partial charge in [-0.1, -0.05) is 6.92 Å². The standard InChI is InChI=1S/C21H39N7O5/c1-11-7-15(25-21-24-12(2)23-20(26-21)22-5-6-29)3-4-17(11)28-27-16-9-13(18(30)31)8-14(10-16)19(32)33/h11-17,20-26,29H,3-10H2,1-2H3,(H,30,31)(H,32,33). The third-order valence-corrected chi connectivity index (χ3v) is 6.91. The highest BCUT2D eigenvalue weighted by atomic mass is 16.4. The number of azo groups is 1. The van der Waals surface area contributed by atoms with Crippen LogP contribution in [0, 0.1) is 17.8 Å². The quantitative estimate of drug-likeness (QED) is 0.211. The van der Waals surface area contributed by atoms with Crippen molar-refractivity contribution in [3.05, 3.63) is 0 Å². The summed E-state index contributed by atoms with van der Waals surface area (Å²) < 4.78 is 0. The molecule has 188 valence electrons. The number of aliphatic hydroxyl groups excluding tert-OH is 1. The lowest BCUT2D eigenvalue weighted by molar-refractivity contribution is -0.148. The summed E-state index contributed by atoms with van der Waals surface area (Å²) in [4.78, 5) is 22.8. The van der Waals surface area contributed by atoms with Gasteiger partial charge in [-0.25, -0.2) is 0 Å². The van der Waals surface area contributed by atoms with E-state index in [-0.39, 0.29) is 43.9 Å². The predicted molar refractivity (Wildman–Crippen MR) is 120 cm³/mol. The predicted octanol–water partition coefficient (Wildman–Crippen LogP) is -0.183. The maximum Gasteiger partial charge on any atom is 0.306 e. The smallest absolute Gasteiger partial charge is 0.306 e. The SMILES string of the molecule is CC1NC(NCCO)NC(NC2CCC(N=NC3CC(C(=O)O)CC(C(=O)O)C3)C(C)C2)N1. The zero-order valence-electron chi connectivity index (χ0n) is 19.4. The first kappa shape index (κ1) is 25.9. The van der Waals surface area contributed by atoms with Crippen LogP contribution in [0.5, 0.6) is 0 Å². The Morgan fingerprint density at radius 2 is 1.58 bits per heavy atom. The van der Waals surface area contributed by atoms with E-state index in [2.05, 4.69) is 43.7 Å². The first-order valence-electron chi connectivity index (χ1n) is 12.0. The third-order valence-electron chi connectivity index (χ3n) is 6.91. The fraction of sp³-hybridized carbons (Fsp3) is 0.905. The van der Waals surface area contributed by atoms with Crippen LogP contribution >= 0.6 is 0 Å². The molecule has 0 spiro atoms. The minimum absolute atomic E-state index is 0.0587. The number of nitrogens with one attached hydrogen (secondary N) is 5. The normalized spacial score (nSPS) is 40.0. The van der Waals surface area contributed by atoms with Gasteiger partial charge in [0.1, 0.15) is 12.6 Å². The fourth-order valence-corrected chi connectivity index (χ4v) is 5.14. The maximum absolute atomic E-state index is 11.4. The number of aliphatic hydroxyl groups is 1. The van der Waals surface area contributed by atoms with Gasteiger partial charge in [-0.3, -0.25) is 36.2 Å². The van der Waals surface area contributed by atoms with Crippen molar-refractivity contribution in [1.82, 2.24) is 26.6 Å². The number of rotatable bonds is 9. The van der Waals surface area contributed by atoms with Crippen molar-refractivity contribution in [1.29, 1.82) is 0 Å². The number of hydrogen-bond donors (Lipinski definition) is 8. The van der Waals surface area contributed by atoms with Gasteiger partial charge in [0.15, 0.2) is 0 Å². The van der Waals surface area contributed by atoms with Crippen LogP contribution in [0.25, 0.3) is 0 Å². The Bertz CT molecular complexity index is 674. The van der Waals surface area contributed by atoms with Gasteiger partial charge in [0, 0.05) is 12.6 Å². The molecule has 1 saturated heterocycles. The van der Waals surface area contributed by atoms with Crippen molar-refractivity contribution in [2.24, 2.45) is 28.0 Å². The largest absolute Gasteiger partial charge is 0.481 e.